The number of terminal acetylenes is 1. The molecule has 0 N–H and O–H groups in total. The molecule has 0 unspecified atom stereocenters. The summed E-state index contributed by atoms with van der Waals surface area (Å²) in [6, 6.07) is 7.33. The summed E-state index contributed by atoms with van der Waals surface area (Å²) in [7, 11) is 4.79. The lowest BCUT2D eigenvalue weighted by molar-refractivity contribution is 0.413. The molecule has 0 bridgehead atoms. The van der Waals surface area contributed by atoms with E-state index >= 15 is 0 Å². The van der Waals surface area contributed by atoms with E-state index in [1.165, 1.54) is 4.57 Å². The molecule has 0 amide bonds. The summed E-state index contributed by atoms with van der Waals surface area (Å²) in [4.78, 5) is 29.3. The van der Waals surface area contributed by atoms with Crippen molar-refractivity contribution in [1.82, 2.24) is 18.7 Å². The number of rotatable bonds is 2. The molecule has 0 aliphatic carbocycles. The predicted octanol–water partition coefficient (Wildman–Crippen LogP) is 0.475. The van der Waals surface area contributed by atoms with Gasteiger partial charge in [0, 0.05) is 14.1 Å². The molecule has 0 atom stereocenters. The van der Waals surface area contributed by atoms with E-state index in [4.69, 9.17) is 11.2 Å². The molecule has 0 radical (unpaired) electrons. The Morgan fingerprint density at radius 3 is 2.58 bits per heavy atom. The van der Waals surface area contributed by atoms with Crippen LogP contribution in [0.4, 0.5) is 0 Å². The van der Waals surface area contributed by atoms with Gasteiger partial charge in [-0.15, -0.1) is 6.42 Å². The monoisotopic (exact) mass is 348 g/mol. The first-order valence-electron chi connectivity index (χ1n) is 7.74. The largest absolute Gasteiger partial charge is 0.495 e. The van der Waals surface area contributed by atoms with Crippen molar-refractivity contribution in [1.29, 1.82) is 0 Å². The number of ether oxygens (including phenoxy) is 1. The summed E-state index contributed by atoms with van der Waals surface area (Å²) in [5, 5.41) is 0. The fourth-order valence-electron chi connectivity index (χ4n) is 2.66. The minimum Gasteiger partial charge on any atom is -0.495 e. The van der Waals surface area contributed by atoms with Gasteiger partial charge >= 0.3 is 5.69 Å². The first-order chi connectivity index (χ1) is 12.5. The Kier molecular flexibility index (Phi) is 4.38. The summed E-state index contributed by atoms with van der Waals surface area (Å²) >= 11 is 0. The van der Waals surface area contributed by atoms with E-state index in [1.807, 2.05) is 18.2 Å². The maximum absolute atomic E-state index is 12.6. The number of hydrogen-bond acceptors (Lipinski definition) is 4. The number of nitrogens with zero attached hydrogens (tertiary/aromatic N) is 4. The third-order valence-corrected chi connectivity index (χ3v) is 4.03. The Hall–Kier alpha value is -3.71. The van der Waals surface area contributed by atoms with Crippen LogP contribution in [0.3, 0.4) is 0 Å². The zero-order chi connectivity index (χ0) is 18.8. The van der Waals surface area contributed by atoms with Gasteiger partial charge in [0.05, 0.1) is 19.2 Å². The average Bonchev–Trinajstić information content (AvgIpc) is 2.98. The Balaban J connectivity index is 2.24. The van der Waals surface area contributed by atoms with Gasteiger partial charge in [0.15, 0.2) is 17.0 Å². The maximum atomic E-state index is 12.6. The molecule has 26 heavy (non-hydrogen) atoms. The smallest absolute Gasteiger partial charge is 0.333 e. The fourth-order valence-corrected chi connectivity index (χ4v) is 2.66. The van der Waals surface area contributed by atoms with Crippen LogP contribution >= 0.6 is 0 Å². The van der Waals surface area contributed by atoms with E-state index in [0.29, 0.717) is 17.1 Å². The highest BCUT2D eigenvalue weighted by molar-refractivity contribution is 5.72. The normalized spacial score (nSPS) is 10.2. The first kappa shape index (κ1) is 17.1. The highest BCUT2D eigenvalue weighted by Gasteiger charge is 2.17. The number of benzene rings is 1. The number of fused-ring (bicyclic) bond motifs is 1. The number of methoxy groups -OCH3 is 1. The van der Waals surface area contributed by atoms with E-state index in [0.717, 1.165) is 4.57 Å². The van der Waals surface area contributed by atoms with Crippen molar-refractivity contribution in [2.45, 2.75) is 6.54 Å². The van der Waals surface area contributed by atoms with E-state index in [1.54, 1.807) is 31.8 Å². The number of aryl methyl sites for hydroxylation is 2. The Labute approximate surface area is 149 Å². The zero-order valence-corrected chi connectivity index (χ0v) is 14.6. The molecular formula is C19H16N4O3. The van der Waals surface area contributed by atoms with Crippen molar-refractivity contribution in [3.63, 3.8) is 0 Å². The highest BCUT2D eigenvalue weighted by atomic mass is 16.5. The molecule has 0 aliphatic rings. The van der Waals surface area contributed by atoms with Crippen LogP contribution in [0.25, 0.3) is 11.2 Å². The third kappa shape index (κ3) is 2.66. The molecule has 2 heterocycles. The summed E-state index contributed by atoms with van der Waals surface area (Å²) in [5.74, 6) is 9.25. The van der Waals surface area contributed by atoms with Gasteiger partial charge in [-0.2, -0.15) is 0 Å². The lowest BCUT2D eigenvalue weighted by Crippen LogP contribution is -2.39. The summed E-state index contributed by atoms with van der Waals surface area (Å²) in [5.41, 5.74) is 0.233. The summed E-state index contributed by atoms with van der Waals surface area (Å²) in [6.07, 6.45) is 5.26. The van der Waals surface area contributed by atoms with E-state index in [-0.39, 0.29) is 17.7 Å². The quantitative estimate of drug-likeness (QED) is 0.632. The molecule has 3 rings (SSSR count). The van der Waals surface area contributed by atoms with Crippen LogP contribution in [0.15, 0.2) is 33.9 Å². The van der Waals surface area contributed by atoms with Crippen LogP contribution in [0.1, 0.15) is 11.4 Å². The number of imidazole rings is 1. The van der Waals surface area contributed by atoms with Crippen LogP contribution in [-0.4, -0.2) is 25.8 Å². The van der Waals surface area contributed by atoms with Gasteiger partial charge in [-0.1, -0.05) is 24.0 Å². The lowest BCUT2D eigenvalue weighted by atomic mass is 10.2. The number of aromatic nitrogens is 4. The van der Waals surface area contributed by atoms with Crippen LogP contribution in [0, 0.1) is 24.2 Å². The number of hydrogen-bond donors (Lipinski definition) is 0. The second kappa shape index (κ2) is 6.66. The van der Waals surface area contributed by atoms with E-state index in [2.05, 4.69) is 22.7 Å². The molecule has 7 nitrogen and oxygen atoms in total. The van der Waals surface area contributed by atoms with Crippen molar-refractivity contribution in [2.75, 3.05) is 7.11 Å². The summed E-state index contributed by atoms with van der Waals surface area (Å²) < 4.78 is 9.13. The van der Waals surface area contributed by atoms with E-state index < -0.39 is 11.2 Å². The second-order valence-electron chi connectivity index (χ2n) is 5.55. The molecular weight excluding hydrogens is 332 g/mol. The average molecular weight is 348 g/mol. The van der Waals surface area contributed by atoms with Crippen molar-refractivity contribution >= 4 is 11.2 Å². The zero-order valence-electron chi connectivity index (χ0n) is 14.6. The van der Waals surface area contributed by atoms with Gasteiger partial charge in [-0.3, -0.25) is 9.36 Å². The van der Waals surface area contributed by atoms with E-state index in [9.17, 15) is 9.59 Å². The van der Waals surface area contributed by atoms with Crippen LogP contribution in [0.5, 0.6) is 5.75 Å². The molecule has 0 saturated heterocycles. The van der Waals surface area contributed by atoms with Crippen molar-refractivity contribution in [2.24, 2.45) is 14.1 Å². The Bertz CT molecular complexity index is 1230. The molecule has 0 aliphatic heterocycles. The minimum atomic E-state index is -0.511. The van der Waals surface area contributed by atoms with Gasteiger partial charge in [-0.05, 0) is 18.1 Å². The summed E-state index contributed by atoms with van der Waals surface area (Å²) in [6.45, 7) is -0.102. The highest BCUT2D eigenvalue weighted by Crippen LogP contribution is 2.16. The van der Waals surface area contributed by atoms with Crippen molar-refractivity contribution in [3.05, 3.63) is 56.5 Å². The van der Waals surface area contributed by atoms with Crippen LogP contribution < -0.4 is 16.0 Å². The maximum Gasteiger partial charge on any atom is 0.333 e. The molecule has 130 valence electrons. The van der Waals surface area contributed by atoms with Gasteiger partial charge in [0.25, 0.3) is 5.56 Å². The van der Waals surface area contributed by atoms with Crippen LogP contribution in [0.2, 0.25) is 0 Å². The van der Waals surface area contributed by atoms with Crippen molar-refractivity contribution in [3.8, 4) is 29.9 Å². The topological polar surface area (TPSA) is 71.1 Å². The Morgan fingerprint density at radius 1 is 1.15 bits per heavy atom. The standard InChI is InChI=1S/C19H16N4O3/c1-5-12-23-18(24)16-17(22(3)19(23)25)20-15(21(16)2)11-10-13-8-6-7-9-14(13)26-4/h1,6-9H,12H2,2-4H3. The van der Waals surface area contributed by atoms with Crippen LogP contribution in [-0.2, 0) is 20.6 Å². The molecule has 1 aromatic carbocycles. The molecule has 3 aromatic rings. The molecule has 7 heteroatoms. The molecule has 2 aromatic heterocycles. The number of para-hydroxylation sites is 1. The fraction of sp³-hybridized carbons (Fsp3) is 0.211. The molecule has 0 spiro atoms. The predicted molar refractivity (Wildman–Crippen MR) is 98.0 cm³/mol. The lowest BCUT2D eigenvalue weighted by Gasteiger charge is -2.05. The minimum absolute atomic E-state index is 0.102. The van der Waals surface area contributed by atoms with Gasteiger partial charge < -0.3 is 9.30 Å². The SMILES string of the molecule is C#CCn1c(=O)c2c(nc(C#Cc3ccccc3OC)n2C)n(C)c1=O. The Morgan fingerprint density at radius 2 is 1.88 bits per heavy atom. The van der Waals surface area contributed by atoms with Crippen molar-refractivity contribution < 1.29 is 4.74 Å². The third-order valence-electron chi connectivity index (χ3n) is 4.03. The van der Waals surface area contributed by atoms with Gasteiger partial charge in [-0.25, -0.2) is 14.3 Å². The molecule has 0 fully saturated rings. The first-order valence-corrected chi connectivity index (χ1v) is 7.74. The van der Waals surface area contributed by atoms with Gasteiger partial charge in [0.2, 0.25) is 0 Å². The van der Waals surface area contributed by atoms with Gasteiger partial charge in [0.1, 0.15) is 5.75 Å². The molecule has 0 saturated carbocycles. The second-order valence-corrected chi connectivity index (χ2v) is 5.55.